The number of nitrogens with one attached hydrogen (secondary N) is 1. The van der Waals surface area contributed by atoms with E-state index in [1.807, 2.05) is 24.4 Å². The summed E-state index contributed by atoms with van der Waals surface area (Å²) in [4.78, 5) is 1.23. The van der Waals surface area contributed by atoms with Crippen molar-refractivity contribution >= 4 is 22.7 Å². The molecule has 0 radical (unpaired) electrons. The Bertz CT molecular complexity index is 526. The van der Waals surface area contributed by atoms with Crippen molar-refractivity contribution in [1.29, 1.82) is 0 Å². The molecule has 1 aromatic carbocycles. The monoisotopic (exact) mass is 282 g/mol. The average molecular weight is 282 g/mol. The van der Waals surface area contributed by atoms with Gasteiger partial charge in [-0.05, 0) is 36.6 Å². The largest absolute Gasteiger partial charge is 0.399 e. The molecule has 2 aromatic rings. The summed E-state index contributed by atoms with van der Waals surface area (Å²) in [5.41, 5.74) is 6.31. The summed E-state index contributed by atoms with van der Waals surface area (Å²) in [5.74, 6) is 0. The smallest absolute Gasteiger partial charge is 0.265 e. The predicted octanol–water partition coefficient (Wildman–Crippen LogP) is 4.31. The van der Waals surface area contributed by atoms with Crippen LogP contribution in [0, 0.1) is 0 Å². The Balaban J connectivity index is 2.10. The number of alkyl halides is 2. The van der Waals surface area contributed by atoms with Crippen LogP contribution in [0.5, 0.6) is 0 Å². The summed E-state index contributed by atoms with van der Waals surface area (Å²) in [6.45, 7) is 1.98. The minimum atomic E-state index is -2.53. The first kappa shape index (κ1) is 13.8. The Labute approximate surface area is 115 Å². The van der Waals surface area contributed by atoms with Crippen molar-refractivity contribution in [3.8, 4) is 0 Å². The van der Waals surface area contributed by atoms with Crippen LogP contribution in [0.25, 0.3) is 0 Å². The first-order valence-electron chi connectivity index (χ1n) is 6.02. The first-order chi connectivity index (χ1) is 9.06. The van der Waals surface area contributed by atoms with E-state index in [0.29, 0.717) is 11.4 Å². The van der Waals surface area contributed by atoms with E-state index < -0.39 is 6.43 Å². The molecule has 1 unspecified atom stereocenters. The number of thiophene rings is 1. The topological polar surface area (TPSA) is 38.0 Å². The number of nitrogen functional groups attached to an aromatic ring is 1. The van der Waals surface area contributed by atoms with E-state index in [0.717, 1.165) is 6.42 Å². The number of nitrogens with two attached hydrogens (primary N) is 1. The van der Waals surface area contributed by atoms with Crippen LogP contribution in [0.1, 0.15) is 23.8 Å². The summed E-state index contributed by atoms with van der Waals surface area (Å²) in [6, 6.07) is 8.68. The maximum atomic E-state index is 12.9. The maximum Gasteiger partial charge on any atom is 0.265 e. The number of benzene rings is 1. The molecule has 0 saturated carbocycles. The van der Waals surface area contributed by atoms with Crippen molar-refractivity contribution < 1.29 is 8.78 Å². The van der Waals surface area contributed by atoms with Gasteiger partial charge in [-0.1, -0.05) is 6.07 Å². The van der Waals surface area contributed by atoms with Gasteiger partial charge in [0, 0.05) is 34.3 Å². The lowest BCUT2D eigenvalue weighted by atomic mass is 10.1. The second-order valence-electron chi connectivity index (χ2n) is 4.48. The van der Waals surface area contributed by atoms with Gasteiger partial charge in [0.15, 0.2) is 0 Å². The van der Waals surface area contributed by atoms with Crippen LogP contribution in [-0.4, -0.2) is 6.04 Å². The molecular weight excluding hydrogens is 266 g/mol. The Morgan fingerprint density at radius 2 is 2.11 bits per heavy atom. The second kappa shape index (κ2) is 6.02. The van der Waals surface area contributed by atoms with E-state index in [1.165, 1.54) is 10.9 Å². The fraction of sp³-hybridized carbons (Fsp3) is 0.286. The Hall–Kier alpha value is -1.62. The third-order valence-corrected chi connectivity index (χ3v) is 3.70. The van der Waals surface area contributed by atoms with Gasteiger partial charge in [-0.15, -0.1) is 11.3 Å². The summed E-state index contributed by atoms with van der Waals surface area (Å²) in [6.07, 6.45) is -1.72. The third kappa shape index (κ3) is 3.67. The van der Waals surface area contributed by atoms with Gasteiger partial charge in [0.1, 0.15) is 0 Å². The maximum absolute atomic E-state index is 12.9. The zero-order valence-corrected chi connectivity index (χ0v) is 11.4. The van der Waals surface area contributed by atoms with Gasteiger partial charge in [0.2, 0.25) is 0 Å². The van der Waals surface area contributed by atoms with Gasteiger partial charge in [-0.2, -0.15) is 0 Å². The molecule has 2 rings (SSSR count). The van der Waals surface area contributed by atoms with Crippen LogP contribution in [0.3, 0.4) is 0 Å². The summed E-state index contributed by atoms with van der Waals surface area (Å²) < 4.78 is 25.9. The quantitative estimate of drug-likeness (QED) is 0.802. The number of hydrogen-bond acceptors (Lipinski definition) is 3. The van der Waals surface area contributed by atoms with E-state index in [1.54, 1.807) is 23.5 Å². The molecule has 0 aliphatic heterocycles. The molecule has 0 saturated heterocycles. The molecule has 1 atom stereocenters. The number of halogens is 2. The minimum absolute atomic E-state index is 0.0435. The molecule has 1 heterocycles. The normalized spacial score (nSPS) is 12.6. The summed E-state index contributed by atoms with van der Waals surface area (Å²) in [7, 11) is 0. The van der Waals surface area contributed by atoms with Gasteiger partial charge in [0.25, 0.3) is 6.43 Å². The zero-order chi connectivity index (χ0) is 13.8. The highest BCUT2D eigenvalue weighted by Crippen LogP contribution is 2.29. The van der Waals surface area contributed by atoms with Gasteiger partial charge in [-0.25, -0.2) is 8.78 Å². The van der Waals surface area contributed by atoms with E-state index in [-0.39, 0.29) is 11.6 Å². The van der Waals surface area contributed by atoms with Crippen LogP contribution in [0.4, 0.5) is 20.2 Å². The summed E-state index contributed by atoms with van der Waals surface area (Å²) >= 11 is 1.67. The minimum Gasteiger partial charge on any atom is -0.399 e. The molecule has 0 spiro atoms. The summed E-state index contributed by atoms with van der Waals surface area (Å²) in [5, 5.41) is 5.14. The molecule has 0 aliphatic carbocycles. The molecule has 5 heteroatoms. The van der Waals surface area contributed by atoms with Crippen molar-refractivity contribution in [2.24, 2.45) is 0 Å². The van der Waals surface area contributed by atoms with Crippen molar-refractivity contribution in [3.05, 3.63) is 46.2 Å². The average Bonchev–Trinajstić information content (AvgIpc) is 2.83. The van der Waals surface area contributed by atoms with Crippen LogP contribution in [0.15, 0.2) is 35.7 Å². The Morgan fingerprint density at radius 1 is 1.32 bits per heavy atom. The molecule has 102 valence electrons. The molecule has 2 nitrogen and oxygen atoms in total. The van der Waals surface area contributed by atoms with Crippen LogP contribution >= 0.6 is 11.3 Å². The van der Waals surface area contributed by atoms with Gasteiger partial charge < -0.3 is 11.1 Å². The molecule has 0 amide bonds. The van der Waals surface area contributed by atoms with Crippen LogP contribution in [-0.2, 0) is 6.42 Å². The molecule has 19 heavy (non-hydrogen) atoms. The number of hydrogen-bond donors (Lipinski definition) is 2. The highest BCUT2D eigenvalue weighted by molar-refractivity contribution is 7.09. The van der Waals surface area contributed by atoms with E-state index in [4.69, 9.17) is 5.73 Å². The molecule has 3 N–H and O–H groups in total. The van der Waals surface area contributed by atoms with Gasteiger partial charge in [-0.3, -0.25) is 0 Å². The van der Waals surface area contributed by atoms with Gasteiger partial charge in [0.05, 0.1) is 0 Å². The lowest BCUT2D eigenvalue weighted by Gasteiger charge is -2.18. The lowest BCUT2D eigenvalue weighted by molar-refractivity contribution is 0.152. The first-order valence-corrected chi connectivity index (χ1v) is 6.90. The number of anilines is 2. The highest BCUT2D eigenvalue weighted by Gasteiger charge is 2.15. The Kier molecular flexibility index (Phi) is 4.37. The van der Waals surface area contributed by atoms with Gasteiger partial charge >= 0.3 is 0 Å². The van der Waals surface area contributed by atoms with Crippen LogP contribution < -0.4 is 11.1 Å². The fourth-order valence-electron chi connectivity index (χ4n) is 1.94. The third-order valence-electron chi connectivity index (χ3n) is 2.80. The highest BCUT2D eigenvalue weighted by atomic mass is 32.1. The van der Waals surface area contributed by atoms with E-state index >= 15 is 0 Å². The second-order valence-corrected chi connectivity index (χ2v) is 5.51. The zero-order valence-electron chi connectivity index (χ0n) is 10.6. The predicted molar refractivity (Wildman–Crippen MR) is 76.9 cm³/mol. The van der Waals surface area contributed by atoms with Crippen molar-refractivity contribution in [2.45, 2.75) is 25.8 Å². The van der Waals surface area contributed by atoms with E-state index in [9.17, 15) is 8.78 Å². The number of rotatable bonds is 5. The van der Waals surface area contributed by atoms with Crippen molar-refractivity contribution in [3.63, 3.8) is 0 Å². The fourth-order valence-corrected chi connectivity index (χ4v) is 2.78. The van der Waals surface area contributed by atoms with Crippen LogP contribution in [0.2, 0.25) is 0 Å². The van der Waals surface area contributed by atoms with E-state index in [2.05, 4.69) is 5.32 Å². The molecular formula is C14H16F2N2S. The van der Waals surface area contributed by atoms with Crippen molar-refractivity contribution in [2.75, 3.05) is 11.1 Å². The molecule has 0 bridgehead atoms. The SMILES string of the molecule is CC(Cc1cccs1)Nc1ccc(N)cc1C(F)F. The lowest BCUT2D eigenvalue weighted by Crippen LogP contribution is -2.18. The molecule has 0 aliphatic rings. The Morgan fingerprint density at radius 3 is 2.74 bits per heavy atom. The molecule has 1 aromatic heterocycles. The standard InChI is InChI=1S/C14H16F2N2S/c1-9(7-11-3-2-6-19-11)18-13-5-4-10(17)8-12(13)14(15)16/h2-6,8-9,14,18H,7,17H2,1H3. The van der Waals surface area contributed by atoms with Crippen molar-refractivity contribution in [1.82, 2.24) is 0 Å². The molecule has 0 fully saturated rings.